The molecule has 0 radical (unpaired) electrons. The fourth-order valence-electron chi connectivity index (χ4n) is 1.73. The van der Waals surface area contributed by atoms with E-state index in [2.05, 4.69) is 9.93 Å². The number of hydrogen-bond donors (Lipinski definition) is 1. The number of nitrogens with one attached hydrogen (secondary N) is 1. The third-order valence-corrected chi connectivity index (χ3v) is 4.97. The quantitative estimate of drug-likeness (QED) is 0.647. The molecule has 8 heteroatoms. The molecule has 0 atom stereocenters. The van der Waals surface area contributed by atoms with E-state index >= 15 is 0 Å². The van der Waals surface area contributed by atoms with Gasteiger partial charge in [0.25, 0.3) is 10.0 Å². The maximum absolute atomic E-state index is 12.3. The lowest BCUT2D eigenvalue weighted by Gasteiger charge is -2.10. The molecule has 22 heavy (non-hydrogen) atoms. The Labute approximate surface area is 133 Å². The van der Waals surface area contributed by atoms with E-state index in [1.807, 2.05) is 19.1 Å². The Morgan fingerprint density at radius 1 is 1.18 bits per heavy atom. The fourth-order valence-corrected chi connectivity index (χ4v) is 3.45. The molecule has 2 rings (SSSR count). The van der Waals surface area contributed by atoms with Crippen molar-refractivity contribution in [1.82, 2.24) is 4.83 Å². The molecule has 6 nitrogen and oxygen atoms in total. The number of hydrogen-bond acceptors (Lipinski definition) is 6. The molecule has 1 aromatic carbocycles. The zero-order valence-corrected chi connectivity index (χ0v) is 14.0. The molecular formula is C14H16N2O4S2. The summed E-state index contributed by atoms with van der Waals surface area (Å²) in [5.41, 5.74) is 0. The highest BCUT2D eigenvalue weighted by atomic mass is 32.2. The third-order valence-electron chi connectivity index (χ3n) is 2.79. The van der Waals surface area contributed by atoms with E-state index in [9.17, 15) is 8.42 Å². The molecule has 0 unspecified atom stereocenters. The van der Waals surface area contributed by atoms with Gasteiger partial charge < -0.3 is 9.47 Å². The van der Waals surface area contributed by atoms with Crippen LogP contribution in [0.4, 0.5) is 0 Å². The maximum atomic E-state index is 12.3. The predicted molar refractivity (Wildman–Crippen MR) is 86.5 cm³/mol. The number of rotatable bonds is 6. The highest BCUT2D eigenvalue weighted by molar-refractivity contribution is 7.89. The molecule has 0 fully saturated rings. The van der Waals surface area contributed by atoms with Crippen LogP contribution in [0.25, 0.3) is 0 Å². The number of hydrazone groups is 1. The second-order valence-corrected chi connectivity index (χ2v) is 7.27. The van der Waals surface area contributed by atoms with Crippen LogP contribution in [0, 0.1) is 6.92 Å². The third kappa shape index (κ3) is 3.77. The second kappa shape index (κ2) is 6.80. The second-order valence-electron chi connectivity index (χ2n) is 4.32. The first kappa shape index (κ1) is 16.3. The largest absolute Gasteiger partial charge is 0.497 e. The first-order valence-corrected chi connectivity index (χ1v) is 8.59. The predicted octanol–water partition coefficient (Wildman–Crippen LogP) is 2.39. The zero-order chi connectivity index (χ0) is 16.2. The van der Waals surface area contributed by atoms with Crippen molar-refractivity contribution in [3.05, 3.63) is 40.1 Å². The Morgan fingerprint density at radius 3 is 2.55 bits per heavy atom. The van der Waals surface area contributed by atoms with Crippen LogP contribution in [0.15, 0.2) is 40.3 Å². The van der Waals surface area contributed by atoms with Crippen molar-refractivity contribution < 1.29 is 17.9 Å². The molecule has 0 aliphatic rings. The molecule has 0 aliphatic heterocycles. The molecule has 0 amide bonds. The molecule has 1 aromatic heterocycles. The summed E-state index contributed by atoms with van der Waals surface area (Å²) in [6, 6.07) is 8.33. The molecule has 0 saturated carbocycles. The van der Waals surface area contributed by atoms with Gasteiger partial charge in [-0.1, -0.05) is 0 Å². The highest BCUT2D eigenvalue weighted by Crippen LogP contribution is 2.27. The van der Waals surface area contributed by atoms with Gasteiger partial charge >= 0.3 is 0 Å². The molecule has 118 valence electrons. The monoisotopic (exact) mass is 340 g/mol. The van der Waals surface area contributed by atoms with E-state index in [1.54, 1.807) is 6.07 Å². The number of aryl methyl sites for hydroxylation is 1. The highest BCUT2D eigenvalue weighted by Gasteiger charge is 2.19. The number of thiophene rings is 1. The molecule has 2 aromatic rings. The average Bonchev–Trinajstić information content (AvgIpc) is 2.91. The van der Waals surface area contributed by atoms with Crippen LogP contribution in [0.2, 0.25) is 0 Å². The van der Waals surface area contributed by atoms with Crippen LogP contribution < -0.4 is 14.3 Å². The van der Waals surface area contributed by atoms with Gasteiger partial charge in [0.15, 0.2) is 0 Å². The summed E-state index contributed by atoms with van der Waals surface area (Å²) in [4.78, 5) is 4.12. The first-order chi connectivity index (χ1) is 10.5. The van der Waals surface area contributed by atoms with Gasteiger partial charge in [-0.05, 0) is 31.2 Å². The Hall–Kier alpha value is -2.06. The van der Waals surface area contributed by atoms with E-state index in [1.165, 1.54) is 43.9 Å². The van der Waals surface area contributed by atoms with Crippen molar-refractivity contribution in [3.63, 3.8) is 0 Å². The van der Waals surface area contributed by atoms with E-state index in [0.29, 0.717) is 5.75 Å². The lowest BCUT2D eigenvalue weighted by molar-refractivity contribution is 0.392. The van der Waals surface area contributed by atoms with Crippen LogP contribution in [0.3, 0.4) is 0 Å². The van der Waals surface area contributed by atoms with Gasteiger partial charge in [-0.15, -0.1) is 11.3 Å². The van der Waals surface area contributed by atoms with E-state index in [-0.39, 0.29) is 10.6 Å². The van der Waals surface area contributed by atoms with Crippen LogP contribution in [0.5, 0.6) is 11.5 Å². The number of nitrogens with zero attached hydrogens (tertiary/aromatic N) is 1. The zero-order valence-electron chi connectivity index (χ0n) is 12.4. The van der Waals surface area contributed by atoms with Gasteiger partial charge in [-0.2, -0.15) is 18.4 Å². The SMILES string of the molecule is COc1ccc(OC)c(S(=O)(=O)NN=Cc2ccc(C)s2)c1. The van der Waals surface area contributed by atoms with Gasteiger partial charge in [-0.3, -0.25) is 0 Å². The number of benzene rings is 1. The minimum Gasteiger partial charge on any atom is -0.497 e. The minimum absolute atomic E-state index is 0.0335. The molecular weight excluding hydrogens is 324 g/mol. The normalized spacial score (nSPS) is 11.6. The number of ether oxygens (including phenoxy) is 2. The van der Waals surface area contributed by atoms with Crippen molar-refractivity contribution >= 4 is 27.6 Å². The molecule has 1 N–H and O–H groups in total. The summed E-state index contributed by atoms with van der Waals surface area (Å²) in [5, 5.41) is 3.78. The van der Waals surface area contributed by atoms with Crippen LogP contribution in [-0.4, -0.2) is 28.9 Å². The van der Waals surface area contributed by atoms with Gasteiger partial charge in [0.05, 0.1) is 20.4 Å². The van der Waals surface area contributed by atoms with Crippen LogP contribution in [-0.2, 0) is 10.0 Å². The van der Waals surface area contributed by atoms with Crippen LogP contribution in [0.1, 0.15) is 9.75 Å². The molecule has 1 heterocycles. The Bertz CT molecular complexity index is 782. The van der Waals surface area contributed by atoms with Crippen molar-refractivity contribution in [2.75, 3.05) is 14.2 Å². The van der Waals surface area contributed by atoms with Crippen molar-refractivity contribution in [2.45, 2.75) is 11.8 Å². The Morgan fingerprint density at radius 2 is 1.95 bits per heavy atom. The summed E-state index contributed by atoms with van der Waals surface area (Å²) in [6.07, 6.45) is 1.46. The summed E-state index contributed by atoms with van der Waals surface area (Å²) in [7, 11) is -0.985. The maximum Gasteiger partial charge on any atom is 0.280 e. The van der Waals surface area contributed by atoms with Gasteiger partial charge in [0.2, 0.25) is 0 Å². The lowest BCUT2D eigenvalue weighted by atomic mass is 10.3. The van der Waals surface area contributed by atoms with Gasteiger partial charge in [-0.25, -0.2) is 0 Å². The molecule has 0 spiro atoms. The molecule has 0 aliphatic carbocycles. The van der Waals surface area contributed by atoms with E-state index in [4.69, 9.17) is 9.47 Å². The van der Waals surface area contributed by atoms with Crippen LogP contribution >= 0.6 is 11.3 Å². The van der Waals surface area contributed by atoms with Crippen molar-refractivity contribution in [2.24, 2.45) is 5.10 Å². The van der Waals surface area contributed by atoms with Crippen molar-refractivity contribution in [3.8, 4) is 11.5 Å². The average molecular weight is 340 g/mol. The summed E-state index contributed by atoms with van der Waals surface area (Å²) < 4.78 is 34.8. The topological polar surface area (TPSA) is 77.0 Å². The summed E-state index contributed by atoms with van der Waals surface area (Å²) >= 11 is 1.52. The lowest BCUT2D eigenvalue weighted by Crippen LogP contribution is -2.19. The Balaban J connectivity index is 2.24. The van der Waals surface area contributed by atoms with Gasteiger partial charge in [0, 0.05) is 15.8 Å². The van der Waals surface area contributed by atoms with E-state index in [0.717, 1.165) is 9.75 Å². The van der Waals surface area contributed by atoms with Crippen molar-refractivity contribution in [1.29, 1.82) is 0 Å². The summed E-state index contributed by atoms with van der Waals surface area (Å²) in [6.45, 7) is 1.97. The van der Waals surface area contributed by atoms with Gasteiger partial charge in [0.1, 0.15) is 16.4 Å². The first-order valence-electron chi connectivity index (χ1n) is 6.29. The summed E-state index contributed by atoms with van der Waals surface area (Å²) in [5.74, 6) is 0.634. The standard InChI is InChI=1S/C14H16N2O4S2/c1-10-4-6-12(21-10)9-15-16-22(17,18)14-8-11(19-2)5-7-13(14)20-3/h4-9,16H,1-3H3. The number of sulfonamides is 1. The van der Waals surface area contributed by atoms with E-state index < -0.39 is 10.0 Å². The molecule has 0 saturated heterocycles. The Kier molecular flexibility index (Phi) is 5.04. The fraction of sp³-hybridized carbons (Fsp3) is 0.214. The minimum atomic E-state index is -3.85. The smallest absolute Gasteiger partial charge is 0.280 e. The molecule has 0 bridgehead atoms. The number of methoxy groups -OCH3 is 2.